The first-order valence-corrected chi connectivity index (χ1v) is 7.17. The van der Waals surface area contributed by atoms with Crippen LogP contribution in [-0.2, 0) is 0 Å². The van der Waals surface area contributed by atoms with E-state index in [4.69, 9.17) is 0 Å². The van der Waals surface area contributed by atoms with E-state index in [9.17, 15) is 5.11 Å². The normalized spacial score (nSPS) is 33.6. The smallest absolute Gasteiger partial charge is 0.0546 e. The van der Waals surface area contributed by atoms with Gasteiger partial charge in [0.15, 0.2) is 0 Å². The summed E-state index contributed by atoms with van der Waals surface area (Å²) in [7, 11) is 0. The maximum absolute atomic E-state index is 9.66. The van der Waals surface area contributed by atoms with Crippen LogP contribution in [0.3, 0.4) is 0 Å². The standard InChI is InChI=1S/C16H23NO/c1-12(13-5-3-2-4-6-13)9-17-10-14-7-16(18)8-15(14)11-17/h2-6,12,14-16,18H,7-11H2,1H3/t12?,14-,15+,16?. The van der Waals surface area contributed by atoms with Gasteiger partial charge in [0, 0.05) is 19.6 Å². The van der Waals surface area contributed by atoms with Gasteiger partial charge in [0.05, 0.1) is 6.10 Å². The Kier molecular flexibility index (Phi) is 3.40. The second-order valence-electron chi connectivity index (χ2n) is 6.18. The molecule has 1 aromatic carbocycles. The lowest BCUT2D eigenvalue weighted by molar-refractivity contribution is 0.161. The van der Waals surface area contributed by atoms with Crippen LogP contribution in [0.25, 0.3) is 0 Å². The lowest BCUT2D eigenvalue weighted by atomic mass is 10.0. The fraction of sp³-hybridized carbons (Fsp3) is 0.625. The average molecular weight is 245 g/mol. The molecule has 0 spiro atoms. The van der Waals surface area contributed by atoms with Gasteiger partial charge in [0.2, 0.25) is 0 Å². The van der Waals surface area contributed by atoms with Gasteiger partial charge in [-0.2, -0.15) is 0 Å². The molecule has 1 aliphatic carbocycles. The van der Waals surface area contributed by atoms with E-state index in [2.05, 4.69) is 42.2 Å². The topological polar surface area (TPSA) is 23.5 Å². The van der Waals surface area contributed by atoms with Crippen molar-refractivity contribution in [1.29, 1.82) is 0 Å². The molecule has 98 valence electrons. The van der Waals surface area contributed by atoms with Crippen LogP contribution in [0.4, 0.5) is 0 Å². The largest absolute Gasteiger partial charge is 0.393 e. The van der Waals surface area contributed by atoms with Crippen LogP contribution in [0.2, 0.25) is 0 Å². The number of aliphatic hydroxyl groups excluding tert-OH is 1. The first-order valence-electron chi connectivity index (χ1n) is 7.17. The van der Waals surface area contributed by atoms with Crippen molar-refractivity contribution < 1.29 is 5.11 Å². The van der Waals surface area contributed by atoms with E-state index in [1.165, 1.54) is 18.7 Å². The van der Waals surface area contributed by atoms with Crippen LogP contribution in [0.1, 0.15) is 31.2 Å². The van der Waals surface area contributed by atoms with E-state index in [0.717, 1.165) is 31.2 Å². The SMILES string of the molecule is CC(CN1C[C@H]2CC(O)C[C@H]2C1)c1ccccc1. The lowest BCUT2D eigenvalue weighted by Crippen LogP contribution is -2.27. The molecule has 0 aromatic heterocycles. The Hall–Kier alpha value is -0.860. The van der Waals surface area contributed by atoms with Crippen molar-refractivity contribution in [2.45, 2.75) is 31.8 Å². The lowest BCUT2D eigenvalue weighted by Gasteiger charge is -2.22. The maximum atomic E-state index is 9.66. The Morgan fingerprint density at radius 1 is 1.17 bits per heavy atom. The zero-order valence-corrected chi connectivity index (χ0v) is 11.1. The van der Waals surface area contributed by atoms with Crippen LogP contribution < -0.4 is 0 Å². The summed E-state index contributed by atoms with van der Waals surface area (Å²) in [5, 5.41) is 9.66. The molecule has 2 fully saturated rings. The molecule has 1 N–H and O–H groups in total. The monoisotopic (exact) mass is 245 g/mol. The molecular weight excluding hydrogens is 222 g/mol. The molecule has 2 nitrogen and oxygen atoms in total. The average Bonchev–Trinajstić information content (AvgIpc) is 2.86. The Bertz CT molecular complexity index is 377. The van der Waals surface area contributed by atoms with E-state index in [1.54, 1.807) is 0 Å². The number of nitrogens with zero attached hydrogens (tertiary/aromatic N) is 1. The van der Waals surface area contributed by atoms with Gasteiger partial charge in [-0.25, -0.2) is 0 Å². The van der Waals surface area contributed by atoms with Gasteiger partial charge >= 0.3 is 0 Å². The molecule has 3 rings (SSSR count). The third-order valence-corrected chi connectivity index (χ3v) is 4.70. The third kappa shape index (κ3) is 2.45. The van der Waals surface area contributed by atoms with Gasteiger partial charge in [-0.1, -0.05) is 37.3 Å². The molecule has 1 aliphatic heterocycles. The van der Waals surface area contributed by atoms with Crippen LogP contribution in [-0.4, -0.2) is 35.7 Å². The first kappa shape index (κ1) is 12.2. The summed E-state index contributed by atoms with van der Waals surface area (Å²) in [5.74, 6) is 2.11. The zero-order chi connectivity index (χ0) is 12.5. The first-order chi connectivity index (χ1) is 8.72. The summed E-state index contributed by atoms with van der Waals surface area (Å²) >= 11 is 0. The zero-order valence-electron chi connectivity index (χ0n) is 11.1. The Morgan fingerprint density at radius 3 is 2.39 bits per heavy atom. The highest BCUT2D eigenvalue weighted by molar-refractivity contribution is 5.19. The van der Waals surface area contributed by atoms with Gasteiger partial charge < -0.3 is 10.0 Å². The van der Waals surface area contributed by atoms with Crippen molar-refractivity contribution in [2.24, 2.45) is 11.8 Å². The number of hydrogen-bond donors (Lipinski definition) is 1. The molecule has 2 aliphatic rings. The second kappa shape index (κ2) is 5.02. The van der Waals surface area contributed by atoms with E-state index >= 15 is 0 Å². The van der Waals surface area contributed by atoms with Crippen molar-refractivity contribution >= 4 is 0 Å². The molecule has 1 heterocycles. The summed E-state index contributed by atoms with van der Waals surface area (Å²) in [6, 6.07) is 10.8. The molecule has 2 heteroatoms. The summed E-state index contributed by atoms with van der Waals surface area (Å²) in [5.41, 5.74) is 1.44. The Morgan fingerprint density at radius 2 is 1.78 bits per heavy atom. The summed E-state index contributed by atoms with van der Waals surface area (Å²) < 4.78 is 0. The highest BCUT2D eigenvalue weighted by Gasteiger charge is 2.40. The van der Waals surface area contributed by atoms with Crippen LogP contribution in [0, 0.1) is 11.8 Å². The minimum absolute atomic E-state index is 0.0197. The molecule has 0 bridgehead atoms. The van der Waals surface area contributed by atoms with Gasteiger partial charge in [0.1, 0.15) is 0 Å². The Labute approximate surface area is 110 Å². The number of fused-ring (bicyclic) bond motifs is 1. The molecule has 0 radical (unpaired) electrons. The Balaban J connectivity index is 1.56. The van der Waals surface area contributed by atoms with E-state index in [-0.39, 0.29) is 6.10 Å². The highest BCUT2D eigenvalue weighted by Crippen LogP contribution is 2.38. The number of likely N-dealkylation sites (tertiary alicyclic amines) is 1. The van der Waals surface area contributed by atoms with Gasteiger partial charge in [-0.3, -0.25) is 0 Å². The second-order valence-corrected chi connectivity index (χ2v) is 6.18. The van der Waals surface area contributed by atoms with Gasteiger partial charge in [0.25, 0.3) is 0 Å². The number of rotatable bonds is 3. The molecule has 1 saturated carbocycles. The summed E-state index contributed by atoms with van der Waals surface area (Å²) in [4.78, 5) is 2.60. The van der Waals surface area contributed by atoms with Crippen LogP contribution >= 0.6 is 0 Å². The van der Waals surface area contributed by atoms with Crippen molar-refractivity contribution in [3.8, 4) is 0 Å². The van der Waals surface area contributed by atoms with Crippen LogP contribution in [0.5, 0.6) is 0 Å². The summed E-state index contributed by atoms with van der Waals surface area (Å²) in [6.07, 6.45) is 2.04. The molecule has 4 atom stereocenters. The highest BCUT2D eigenvalue weighted by atomic mass is 16.3. The molecular formula is C16H23NO. The summed E-state index contributed by atoms with van der Waals surface area (Å²) in [6.45, 7) is 5.86. The predicted molar refractivity (Wildman–Crippen MR) is 73.5 cm³/mol. The molecule has 1 aromatic rings. The third-order valence-electron chi connectivity index (χ3n) is 4.70. The van der Waals surface area contributed by atoms with E-state index in [0.29, 0.717) is 5.92 Å². The predicted octanol–water partition coefficient (Wildman–Crippen LogP) is 2.49. The van der Waals surface area contributed by atoms with Gasteiger partial charge in [-0.15, -0.1) is 0 Å². The maximum Gasteiger partial charge on any atom is 0.0546 e. The number of hydrogen-bond acceptors (Lipinski definition) is 2. The van der Waals surface area contributed by atoms with Crippen molar-refractivity contribution in [1.82, 2.24) is 4.90 Å². The minimum atomic E-state index is -0.0197. The van der Waals surface area contributed by atoms with Gasteiger partial charge in [-0.05, 0) is 36.2 Å². The molecule has 18 heavy (non-hydrogen) atoms. The molecule has 1 saturated heterocycles. The fourth-order valence-electron chi connectivity index (χ4n) is 3.79. The number of benzene rings is 1. The quantitative estimate of drug-likeness (QED) is 0.884. The van der Waals surface area contributed by atoms with Crippen LogP contribution in [0.15, 0.2) is 30.3 Å². The van der Waals surface area contributed by atoms with Crippen molar-refractivity contribution in [3.05, 3.63) is 35.9 Å². The van der Waals surface area contributed by atoms with E-state index < -0.39 is 0 Å². The van der Waals surface area contributed by atoms with Crippen molar-refractivity contribution in [3.63, 3.8) is 0 Å². The molecule has 0 amide bonds. The number of aliphatic hydroxyl groups is 1. The fourth-order valence-corrected chi connectivity index (χ4v) is 3.79. The van der Waals surface area contributed by atoms with Crippen molar-refractivity contribution in [2.75, 3.05) is 19.6 Å². The molecule has 2 unspecified atom stereocenters. The van der Waals surface area contributed by atoms with E-state index in [1.807, 2.05) is 0 Å². The minimum Gasteiger partial charge on any atom is -0.393 e.